The van der Waals surface area contributed by atoms with Gasteiger partial charge in [-0.1, -0.05) is 60.1 Å². The number of hydrogen-bond donors (Lipinski definition) is 1. The van der Waals surface area contributed by atoms with Gasteiger partial charge in [-0.25, -0.2) is 0 Å². The molecule has 3 aromatic rings. The molecule has 1 fully saturated rings. The second kappa shape index (κ2) is 9.14. The monoisotopic (exact) mass is 418 g/mol. The lowest BCUT2D eigenvalue weighted by atomic mass is 10.0. The van der Waals surface area contributed by atoms with E-state index in [-0.39, 0.29) is 17.9 Å². The number of nitrogens with one attached hydrogen (secondary N) is 1. The van der Waals surface area contributed by atoms with Crippen molar-refractivity contribution in [3.05, 3.63) is 95.0 Å². The van der Waals surface area contributed by atoms with Crippen LogP contribution < -0.4 is 5.32 Å². The summed E-state index contributed by atoms with van der Waals surface area (Å²) >= 11 is 5.99. The van der Waals surface area contributed by atoms with Crippen LogP contribution >= 0.6 is 11.6 Å². The quantitative estimate of drug-likeness (QED) is 0.645. The fraction of sp³-hybridized carbons (Fsp3) is 0.200. The van der Waals surface area contributed by atoms with Crippen molar-refractivity contribution < 1.29 is 9.59 Å². The first kappa shape index (κ1) is 20.2. The lowest BCUT2D eigenvalue weighted by Gasteiger charge is -2.32. The summed E-state index contributed by atoms with van der Waals surface area (Å²) in [5.74, 6) is -0.0898. The fourth-order valence-corrected chi connectivity index (χ4v) is 3.93. The van der Waals surface area contributed by atoms with Crippen LogP contribution in [0.4, 0.5) is 0 Å². The molecule has 0 bridgehead atoms. The number of piperidine rings is 1. The van der Waals surface area contributed by atoms with Crippen molar-refractivity contribution in [2.75, 3.05) is 13.1 Å². The van der Waals surface area contributed by atoms with E-state index in [0.717, 1.165) is 24.0 Å². The number of hydrogen-bond acceptors (Lipinski definition) is 2. The standard InChI is InChI=1S/C25H23ClN2O2/c26-22-8-4-7-21(17-22)25(30)28-15-13-23(14-16-28)27-24(29)20-11-9-19(10-12-20)18-5-2-1-3-6-18/h1-12,17,23H,13-16H2,(H,27,29). The van der Waals surface area contributed by atoms with Crippen molar-refractivity contribution in [2.45, 2.75) is 18.9 Å². The number of halogens is 1. The van der Waals surface area contributed by atoms with Gasteiger partial charge in [0.1, 0.15) is 0 Å². The SMILES string of the molecule is O=C(NC1CCN(C(=O)c2cccc(Cl)c2)CC1)c1ccc(-c2ccccc2)cc1. The molecule has 1 aliphatic heterocycles. The first-order chi connectivity index (χ1) is 14.6. The van der Waals surface area contributed by atoms with Crippen LogP contribution in [-0.4, -0.2) is 35.8 Å². The van der Waals surface area contributed by atoms with Crippen LogP contribution in [0.3, 0.4) is 0 Å². The molecule has 1 N–H and O–H groups in total. The van der Waals surface area contributed by atoms with E-state index >= 15 is 0 Å². The van der Waals surface area contributed by atoms with Gasteiger partial charge >= 0.3 is 0 Å². The Kier molecular flexibility index (Phi) is 6.15. The molecule has 152 valence electrons. The summed E-state index contributed by atoms with van der Waals surface area (Å²) < 4.78 is 0. The summed E-state index contributed by atoms with van der Waals surface area (Å²) in [5.41, 5.74) is 3.46. The van der Waals surface area contributed by atoms with Crippen molar-refractivity contribution in [1.82, 2.24) is 10.2 Å². The van der Waals surface area contributed by atoms with Crippen molar-refractivity contribution in [1.29, 1.82) is 0 Å². The molecule has 2 amide bonds. The molecule has 0 spiro atoms. The van der Waals surface area contributed by atoms with Gasteiger partial charge in [0.2, 0.25) is 0 Å². The van der Waals surface area contributed by atoms with Crippen molar-refractivity contribution in [2.24, 2.45) is 0 Å². The molecule has 4 rings (SSSR count). The molecule has 5 heteroatoms. The zero-order chi connectivity index (χ0) is 20.9. The third kappa shape index (κ3) is 4.71. The van der Waals surface area contributed by atoms with Crippen molar-refractivity contribution in [3.8, 4) is 11.1 Å². The van der Waals surface area contributed by atoms with E-state index in [4.69, 9.17) is 11.6 Å². The number of amides is 2. The van der Waals surface area contributed by atoms with Gasteiger partial charge in [-0.2, -0.15) is 0 Å². The lowest BCUT2D eigenvalue weighted by molar-refractivity contribution is 0.0698. The first-order valence-corrected chi connectivity index (χ1v) is 10.5. The van der Waals surface area contributed by atoms with Gasteiger partial charge < -0.3 is 10.2 Å². The Hall–Kier alpha value is -3.11. The maximum atomic E-state index is 12.6. The van der Waals surface area contributed by atoms with Gasteiger partial charge in [-0.05, 0) is 54.3 Å². The third-order valence-electron chi connectivity index (χ3n) is 5.44. The van der Waals surface area contributed by atoms with E-state index in [2.05, 4.69) is 5.32 Å². The predicted octanol–water partition coefficient (Wildman–Crippen LogP) is 5.04. The van der Waals surface area contributed by atoms with Gasteiger partial charge in [0.15, 0.2) is 0 Å². The molecule has 0 saturated carbocycles. The fourth-order valence-electron chi connectivity index (χ4n) is 3.74. The Morgan fingerprint density at radius 1 is 0.800 bits per heavy atom. The van der Waals surface area contributed by atoms with Crippen LogP contribution in [-0.2, 0) is 0 Å². The van der Waals surface area contributed by atoms with E-state index in [1.54, 1.807) is 24.3 Å². The minimum absolute atomic E-state index is 0.0150. The van der Waals surface area contributed by atoms with E-state index in [0.29, 0.717) is 29.2 Å². The maximum Gasteiger partial charge on any atom is 0.253 e. The van der Waals surface area contributed by atoms with E-state index in [9.17, 15) is 9.59 Å². The summed E-state index contributed by atoms with van der Waals surface area (Å²) in [6.45, 7) is 1.23. The number of nitrogens with zero attached hydrogens (tertiary/aromatic N) is 1. The number of benzene rings is 3. The summed E-state index contributed by atoms with van der Waals surface area (Å²) in [4.78, 5) is 27.1. The average molecular weight is 419 g/mol. The number of rotatable bonds is 4. The molecule has 1 saturated heterocycles. The van der Waals surface area contributed by atoms with E-state index in [1.165, 1.54) is 0 Å². The Balaban J connectivity index is 1.31. The molecule has 30 heavy (non-hydrogen) atoms. The zero-order valence-electron chi connectivity index (χ0n) is 16.6. The van der Waals surface area contributed by atoms with Crippen LogP contribution in [0.2, 0.25) is 5.02 Å². The van der Waals surface area contributed by atoms with Gasteiger partial charge in [-0.3, -0.25) is 9.59 Å². The topological polar surface area (TPSA) is 49.4 Å². The lowest BCUT2D eigenvalue weighted by Crippen LogP contribution is -2.46. The number of carbonyl (C=O) groups is 2. The highest BCUT2D eigenvalue weighted by Crippen LogP contribution is 2.20. The van der Waals surface area contributed by atoms with E-state index < -0.39 is 0 Å². The van der Waals surface area contributed by atoms with Crippen molar-refractivity contribution in [3.63, 3.8) is 0 Å². The normalized spacial score (nSPS) is 14.4. The van der Waals surface area contributed by atoms with Crippen LogP contribution in [0.5, 0.6) is 0 Å². The predicted molar refractivity (Wildman–Crippen MR) is 120 cm³/mol. The molecule has 3 aromatic carbocycles. The third-order valence-corrected chi connectivity index (χ3v) is 5.68. The molecule has 0 radical (unpaired) electrons. The smallest absolute Gasteiger partial charge is 0.253 e. The maximum absolute atomic E-state index is 12.6. The summed E-state index contributed by atoms with van der Waals surface area (Å²) in [6, 6.07) is 24.8. The molecule has 1 aliphatic rings. The van der Waals surface area contributed by atoms with Gasteiger partial charge in [0.05, 0.1) is 0 Å². The summed E-state index contributed by atoms with van der Waals surface area (Å²) in [6.07, 6.45) is 1.47. The highest BCUT2D eigenvalue weighted by atomic mass is 35.5. The van der Waals surface area contributed by atoms with Crippen LogP contribution in [0.25, 0.3) is 11.1 Å². The molecule has 0 unspecified atom stereocenters. The number of carbonyl (C=O) groups excluding carboxylic acids is 2. The van der Waals surface area contributed by atoms with Gasteiger partial charge in [0, 0.05) is 35.3 Å². The Morgan fingerprint density at radius 3 is 2.13 bits per heavy atom. The molecule has 0 atom stereocenters. The molecular weight excluding hydrogens is 396 g/mol. The van der Waals surface area contributed by atoms with Crippen LogP contribution in [0, 0.1) is 0 Å². The van der Waals surface area contributed by atoms with Gasteiger partial charge in [0.25, 0.3) is 11.8 Å². The van der Waals surface area contributed by atoms with E-state index in [1.807, 2.05) is 59.5 Å². The molecule has 1 heterocycles. The number of likely N-dealkylation sites (tertiary alicyclic amines) is 1. The Labute approximate surface area is 181 Å². The second-order valence-electron chi connectivity index (χ2n) is 7.49. The first-order valence-electron chi connectivity index (χ1n) is 10.1. The Morgan fingerprint density at radius 2 is 1.47 bits per heavy atom. The Bertz CT molecular complexity index is 1030. The molecular formula is C25H23ClN2O2. The second-order valence-corrected chi connectivity index (χ2v) is 7.93. The largest absolute Gasteiger partial charge is 0.349 e. The minimum Gasteiger partial charge on any atom is -0.349 e. The zero-order valence-corrected chi connectivity index (χ0v) is 17.3. The highest BCUT2D eigenvalue weighted by Gasteiger charge is 2.25. The minimum atomic E-state index is -0.0748. The molecule has 0 aromatic heterocycles. The molecule has 4 nitrogen and oxygen atoms in total. The van der Waals surface area contributed by atoms with Crippen LogP contribution in [0.15, 0.2) is 78.9 Å². The van der Waals surface area contributed by atoms with Gasteiger partial charge in [-0.15, -0.1) is 0 Å². The average Bonchev–Trinajstić information content (AvgIpc) is 2.80. The summed E-state index contributed by atoms with van der Waals surface area (Å²) in [5, 5.41) is 3.66. The van der Waals surface area contributed by atoms with Crippen molar-refractivity contribution >= 4 is 23.4 Å². The highest BCUT2D eigenvalue weighted by molar-refractivity contribution is 6.30. The molecule has 0 aliphatic carbocycles. The van der Waals surface area contributed by atoms with Crippen LogP contribution in [0.1, 0.15) is 33.6 Å². The summed E-state index contributed by atoms with van der Waals surface area (Å²) in [7, 11) is 0.